The Bertz CT molecular complexity index is 1380. The van der Waals surface area contributed by atoms with Gasteiger partial charge in [-0.05, 0) is 69.7 Å². The van der Waals surface area contributed by atoms with Gasteiger partial charge in [0.05, 0.1) is 5.56 Å². The van der Waals surface area contributed by atoms with Crippen LogP contribution in [-0.2, 0) is 9.53 Å². The molecule has 8 nitrogen and oxygen atoms in total. The van der Waals surface area contributed by atoms with Crippen molar-refractivity contribution < 1.29 is 23.9 Å². The second-order valence-electron chi connectivity index (χ2n) is 10.6. The van der Waals surface area contributed by atoms with Crippen LogP contribution in [0, 0.1) is 6.92 Å². The Morgan fingerprint density at radius 2 is 1.62 bits per heavy atom. The van der Waals surface area contributed by atoms with Gasteiger partial charge in [-0.3, -0.25) is 9.59 Å². The molecule has 0 bridgehead atoms. The fourth-order valence-electron chi connectivity index (χ4n) is 4.34. The van der Waals surface area contributed by atoms with Gasteiger partial charge in [-0.25, -0.2) is 4.79 Å². The van der Waals surface area contributed by atoms with Crippen LogP contribution < -0.4 is 15.0 Å². The normalized spacial score (nSPS) is 13.5. The van der Waals surface area contributed by atoms with E-state index in [9.17, 15) is 14.4 Å². The Labute approximate surface area is 239 Å². The summed E-state index contributed by atoms with van der Waals surface area (Å²) in [7, 11) is 0. The average molecular weight is 564 g/mol. The molecule has 1 saturated heterocycles. The lowest BCUT2D eigenvalue weighted by Crippen LogP contribution is -2.50. The molecule has 1 aliphatic rings. The molecule has 0 unspecified atom stereocenters. The average Bonchev–Trinajstić information content (AvgIpc) is 2.92. The maximum atomic E-state index is 13.0. The summed E-state index contributed by atoms with van der Waals surface area (Å²) in [4.78, 5) is 42.0. The molecule has 4 rings (SSSR count). The van der Waals surface area contributed by atoms with Crippen molar-refractivity contribution in [3.8, 4) is 5.75 Å². The molecule has 3 aromatic rings. The van der Waals surface area contributed by atoms with Gasteiger partial charge in [-0.15, -0.1) is 0 Å². The number of hydrogen-bond donors (Lipinski definition) is 1. The summed E-state index contributed by atoms with van der Waals surface area (Å²) in [5, 5.41) is 3.28. The zero-order chi connectivity index (χ0) is 28.9. The van der Waals surface area contributed by atoms with Crippen LogP contribution in [0.5, 0.6) is 5.75 Å². The molecule has 0 atom stereocenters. The van der Waals surface area contributed by atoms with Gasteiger partial charge in [0.1, 0.15) is 11.4 Å². The van der Waals surface area contributed by atoms with Crippen molar-refractivity contribution in [1.82, 2.24) is 4.90 Å². The molecule has 9 heteroatoms. The minimum Gasteiger partial charge on any atom is -0.483 e. The summed E-state index contributed by atoms with van der Waals surface area (Å²) in [6.07, 6.45) is -0.293. The van der Waals surface area contributed by atoms with Gasteiger partial charge in [-0.1, -0.05) is 41.9 Å². The molecule has 3 aromatic carbocycles. The molecule has 0 aliphatic carbocycles. The number of carbonyl (C=O) groups is 3. The SMILES string of the molecule is Cc1cc(N2CCN(C(=O)OC(C)(C)C)CC2)ccc1NC(=O)COc1ccc(Cl)cc1C(=O)c1ccccc1. The first-order valence-corrected chi connectivity index (χ1v) is 13.5. The van der Waals surface area contributed by atoms with Gasteiger partial charge in [0.2, 0.25) is 0 Å². The standard InChI is InChI=1S/C31H34ClN3O5/c1-21-18-24(34-14-16-35(17-15-34)30(38)40-31(2,3)4)11-12-26(21)33-28(36)20-39-27-13-10-23(32)19-25(27)29(37)22-8-6-5-7-9-22/h5-13,18-19H,14-17,20H2,1-4H3,(H,33,36). The molecule has 1 aliphatic heterocycles. The van der Waals surface area contributed by atoms with Gasteiger partial charge in [-0.2, -0.15) is 0 Å². The van der Waals surface area contributed by atoms with E-state index in [-0.39, 0.29) is 30.1 Å². The number of carbonyl (C=O) groups excluding carboxylic acids is 3. The summed E-state index contributed by atoms with van der Waals surface area (Å²) in [5.74, 6) is -0.308. The number of aryl methyl sites for hydroxylation is 1. The smallest absolute Gasteiger partial charge is 0.410 e. The summed E-state index contributed by atoms with van der Waals surface area (Å²) >= 11 is 6.14. The third kappa shape index (κ3) is 7.54. The number of amides is 2. The predicted octanol–water partition coefficient (Wildman–Crippen LogP) is 5.95. The van der Waals surface area contributed by atoms with Crippen molar-refractivity contribution in [1.29, 1.82) is 0 Å². The number of halogens is 1. The van der Waals surface area contributed by atoms with E-state index in [4.69, 9.17) is 21.1 Å². The third-order valence-corrected chi connectivity index (χ3v) is 6.60. The lowest BCUT2D eigenvalue weighted by atomic mass is 10.0. The first kappa shape index (κ1) is 29.0. The van der Waals surface area contributed by atoms with Crippen LogP contribution in [-0.4, -0.2) is 61.1 Å². The minimum absolute atomic E-state index is 0.239. The topological polar surface area (TPSA) is 88.2 Å². The van der Waals surface area contributed by atoms with Crippen molar-refractivity contribution in [3.05, 3.63) is 88.4 Å². The zero-order valence-electron chi connectivity index (χ0n) is 23.2. The number of nitrogens with zero attached hydrogens (tertiary/aromatic N) is 2. The molecular formula is C31H34ClN3O5. The highest BCUT2D eigenvalue weighted by Crippen LogP contribution is 2.27. The highest BCUT2D eigenvalue weighted by molar-refractivity contribution is 6.31. The Balaban J connectivity index is 1.34. The van der Waals surface area contributed by atoms with Gasteiger partial charge in [0.15, 0.2) is 12.4 Å². The molecule has 1 fully saturated rings. The van der Waals surface area contributed by atoms with Gasteiger partial charge in [0, 0.05) is 48.1 Å². The van der Waals surface area contributed by atoms with E-state index in [1.54, 1.807) is 47.4 Å². The maximum absolute atomic E-state index is 13.0. The van der Waals surface area contributed by atoms with Crippen molar-refractivity contribution in [2.24, 2.45) is 0 Å². The highest BCUT2D eigenvalue weighted by Gasteiger charge is 2.26. The lowest BCUT2D eigenvalue weighted by Gasteiger charge is -2.37. The molecule has 2 amide bonds. The number of rotatable bonds is 7. The fourth-order valence-corrected chi connectivity index (χ4v) is 4.51. The van der Waals surface area contributed by atoms with E-state index in [2.05, 4.69) is 10.2 Å². The van der Waals surface area contributed by atoms with Crippen LogP contribution in [0.1, 0.15) is 42.3 Å². The number of nitrogens with one attached hydrogen (secondary N) is 1. The van der Waals surface area contributed by atoms with Gasteiger partial charge < -0.3 is 24.6 Å². The van der Waals surface area contributed by atoms with Crippen LogP contribution in [0.4, 0.5) is 16.2 Å². The number of ketones is 1. The number of ether oxygens (including phenoxy) is 2. The largest absolute Gasteiger partial charge is 0.483 e. The Morgan fingerprint density at radius 1 is 0.925 bits per heavy atom. The summed E-state index contributed by atoms with van der Waals surface area (Å²) in [6.45, 7) is 9.74. The van der Waals surface area contributed by atoms with E-state index in [0.29, 0.717) is 48.0 Å². The molecule has 1 N–H and O–H groups in total. The van der Waals surface area contributed by atoms with Crippen molar-refractivity contribution >= 4 is 40.8 Å². The summed E-state index contributed by atoms with van der Waals surface area (Å²) in [5.41, 5.74) is 2.85. The van der Waals surface area contributed by atoms with Crippen LogP contribution >= 0.6 is 11.6 Å². The molecule has 0 radical (unpaired) electrons. The number of piperazine rings is 1. The number of hydrogen-bond acceptors (Lipinski definition) is 6. The van der Waals surface area contributed by atoms with Crippen molar-refractivity contribution in [2.75, 3.05) is 43.0 Å². The zero-order valence-corrected chi connectivity index (χ0v) is 24.0. The van der Waals surface area contributed by atoms with E-state index in [0.717, 1.165) is 11.3 Å². The summed E-state index contributed by atoms with van der Waals surface area (Å²) < 4.78 is 11.2. The minimum atomic E-state index is -0.521. The first-order valence-electron chi connectivity index (χ1n) is 13.2. The number of benzene rings is 3. The van der Waals surface area contributed by atoms with Crippen LogP contribution in [0.25, 0.3) is 0 Å². The predicted molar refractivity (Wildman–Crippen MR) is 157 cm³/mol. The fraction of sp³-hybridized carbons (Fsp3) is 0.323. The maximum Gasteiger partial charge on any atom is 0.410 e. The highest BCUT2D eigenvalue weighted by atomic mass is 35.5. The molecule has 1 heterocycles. The Morgan fingerprint density at radius 3 is 2.27 bits per heavy atom. The molecule has 210 valence electrons. The monoisotopic (exact) mass is 563 g/mol. The second-order valence-corrected chi connectivity index (χ2v) is 11.1. The van der Waals surface area contributed by atoms with Crippen molar-refractivity contribution in [3.63, 3.8) is 0 Å². The Kier molecular flexibility index (Phi) is 9.00. The van der Waals surface area contributed by atoms with Gasteiger partial charge in [0.25, 0.3) is 5.91 Å². The molecule has 40 heavy (non-hydrogen) atoms. The van der Waals surface area contributed by atoms with Crippen molar-refractivity contribution in [2.45, 2.75) is 33.3 Å². The first-order chi connectivity index (χ1) is 19.0. The Hall–Kier alpha value is -4.04. The molecule has 0 saturated carbocycles. The van der Waals surface area contributed by atoms with Gasteiger partial charge >= 0.3 is 6.09 Å². The number of anilines is 2. The van der Waals surface area contributed by atoms with Crippen LogP contribution in [0.15, 0.2) is 66.7 Å². The third-order valence-electron chi connectivity index (χ3n) is 6.36. The van der Waals surface area contributed by atoms with E-state index in [1.807, 2.05) is 52.0 Å². The summed E-state index contributed by atoms with van der Waals surface area (Å²) in [6, 6.07) is 19.4. The lowest BCUT2D eigenvalue weighted by molar-refractivity contribution is -0.118. The van der Waals surface area contributed by atoms with Crippen LogP contribution in [0.3, 0.4) is 0 Å². The van der Waals surface area contributed by atoms with Crippen LogP contribution in [0.2, 0.25) is 5.02 Å². The van der Waals surface area contributed by atoms with E-state index in [1.165, 1.54) is 0 Å². The second kappa shape index (κ2) is 12.4. The van der Waals surface area contributed by atoms with E-state index < -0.39 is 5.60 Å². The molecule has 0 spiro atoms. The quantitative estimate of drug-likeness (QED) is 0.357. The van der Waals surface area contributed by atoms with E-state index >= 15 is 0 Å². The molecular weight excluding hydrogens is 530 g/mol. The molecule has 0 aromatic heterocycles.